The van der Waals surface area contributed by atoms with Gasteiger partial charge in [-0.2, -0.15) is 0 Å². The molecular weight excluding hydrogens is 380 g/mol. The van der Waals surface area contributed by atoms with E-state index in [1.807, 2.05) is 0 Å². The average Bonchev–Trinajstić information content (AvgIpc) is 2.78. The lowest BCUT2D eigenvalue weighted by molar-refractivity contribution is -0.149. The van der Waals surface area contributed by atoms with Gasteiger partial charge in [-0.05, 0) is 19.3 Å². The molecule has 31 heavy (non-hydrogen) atoms. The van der Waals surface area contributed by atoms with Crippen LogP contribution < -0.4 is 0 Å². The van der Waals surface area contributed by atoms with Gasteiger partial charge in [-0.3, -0.25) is 4.79 Å². The van der Waals surface area contributed by atoms with Crippen LogP contribution >= 0.6 is 0 Å². The minimum Gasteiger partial charge on any atom is -0.465 e. The number of rotatable bonds is 22. The molecule has 0 aromatic rings. The van der Waals surface area contributed by atoms with Gasteiger partial charge >= 0.3 is 5.97 Å². The number of carbonyl (C=O) groups excluding carboxylic acids is 1. The summed E-state index contributed by atoms with van der Waals surface area (Å²) >= 11 is 0. The fourth-order valence-corrected chi connectivity index (χ4v) is 3.86. The van der Waals surface area contributed by atoms with Crippen LogP contribution in [0.25, 0.3) is 0 Å². The number of ether oxygens (including phenoxy) is 1. The molecule has 0 aliphatic carbocycles. The molecule has 0 saturated carbocycles. The van der Waals surface area contributed by atoms with Gasteiger partial charge in [0.2, 0.25) is 0 Å². The van der Waals surface area contributed by atoms with Crippen LogP contribution in [0.1, 0.15) is 169 Å². The Morgan fingerprint density at radius 2 is 0.806 bits per heavy atom. The lowest BCUT2D eigenvalue weighted by Gasteiger charge is -2.16. The van der Waals surface area contributed by atoms with Gasteiger partial charge < -0.3 is 4.74 Å². The lowest BCUT2D eigenvalue weighted by Crippen LogP contribution is -2.18. The van der Waals surface area contributed by atoms with Crippen molar-refractivity contribution in [3.8, 4) is 0 Å². The van der Waals surface area contributed by atoms with E-state index < -0.39 is 0 Å². The highest BCUT2D eigenvalue weighted by molar-refractivity contribution is 5.72. The van der Waals surface area contributed by atoms with Gasteiger partial charge in [-0.15, -0.1) is 0 Å². The highest BCUT2D eigenvalue weighted by Gasteiger charge is 2.19. The minimum atomic E-state index is 0.0838. The third-order valence-electron chi connectivity index (χ3n) is 6.09. The van der Waals surface area contributed by atoms with Gasteiger partial charge in [-0.1, -0.05) is 150 Å². The van der Waals surface area contributed by atoms with E-state index in [0.717, 1.165) is 19.3 Å². The number of carbonyl (C=O) groups is 1. The summed E-state index contributed by atoms with van der Waals surface area (Å²) in [5.74, 6) is 0.235. The Bertz CT molecular complexity index is 323. The zero-order valence-corrected chi connectivity index (χ0v) is 22.5. The maximum absolute atomic E-state index is 12.4. The third-order valence-corrected chi connectivity index (χ3v) is 6.09. The molecule has 0 amide bonds. The van der Waals surface area contributed by atoms with Crippen LogP contribution in [-0.2, 0) is 9.53 Å². The molecule has 0 aromatic heterocycles. The van der Waals surface area contributed by atoms with Crippen molar-refractivity contribution in [1.82, 2.24) is 0 Å². The maximum Gasteiger partial charge on any atom is 0.308 e. The monoisotopic (exact) mass is 440 g/mol. The highest BCUT2D eigenvalue weighted by Crippen LogP contribution is 2.20. The largest absolute Gasteiger partial charge is 0.465 e. The number of unbranched alkanes of at least 4 members (excludes halogenated alkanes) is 15. The first-order chi connectivity index (χ1) is 15.2. The van der Waals surface area contributed by atoms with E-state index in [9.17, 15) is 4.79 Å². The SMILES string of the molecule is CCCCCC.CCCCCCCCC(CCCCCC)C(=O)OCCCCCCC. The Hall–Kier alpha value is -0.530. The fraction of sp³-hybridized carbons (Fsp3) is 0.966. The zero-order valence-electron chi connectivity index (χ0n) is 22.5. The maximum atomic E-state index is 12.4. The first-order valence-electron chi connectivity index (χ1n) is 14.3. The van der Waals surface area contributed by atoms with Crippen LogP contribution in [0, 0.1) is 5.92 Å². The first-order valence-corrected chi connectivity index (χ1v) is 14.3. The topological polar surface area (TPSA) is 26.3 Å². The van der Waals surface area contributed by atoms with Crippen molar-refractivity contribution in [3.05, 3.63) is 0 Å². The summed E-state index contributed by atoms with van der Waals surface area (Å²) in [5.41, 5.74) is 0. The molecular formula is C29H60O2. The highest BCUT2D eigenvalue weighted by atomic mass is 16.5. The molecule has 2 heteroatoms. The second-order valence-corrected chi connectivity index (χ2v) is 9.39. The van der Waals surface area contributed by atoms with Gasteiger partial charge in [0.15, 0.2) is 0 Å². The van der Waals surface area contributed by atoms with E-state index in [2.05, 4.69) is 34.6 Å². The molecule has 0 fully saturated rings. The van der Waals surface area contributed by atoms with Gasteiger partial charge in [0.1, 0.15) is 0 Å². The second kappa shape index (κ2) is 29.5. The molecule has 0 radical (unpaired) electrons. The number of hydrogen-bond donors (Lipinski definition) is 0. The Kier molecular flexibility index (Phi) is 31.0. The Morgan fingerprint density at radius 3 is 1.26 bits per heavy atom. The average molecular weight is 441 g/mol. The molecule has 0 rings (SSSR count). The molecule has 2 nitrogen and oxygen atoms in total. The van der Waals surface area contributed by atoms with Gasteiger partial charge in [0, 0.05) is 0 Å². The number of esters is 1. The van der Waals surface area contributed by atoms with Crippen molar-refractivity contribution in [2.24, 2.45) is 5.92 Å². The Labute approximate surface area is 197 Å². The Morgan fingerprint density at radius 1 is 0.484 bits per heavy atom. The van der Waals surface area contributed by atoms with E-state index in [0.29, 0.717) is 6.61 Å². The van der Waals surface area contributed by atoms with Gasteiger partial charge in [-0.25, -0.2) is 0 Å². The predicted molar refractivity (Wildman–Crippen MR) is 140 cm³/mol. The van der Waals surface area contributed by atoms with Gasteiger partial charge in [0.25, 0.3) is 0 Å². The molecule has 188 valence electrons. The van der Waals surface area contributed by atoms with Crippen LogP contribution in [0.3, 0.4) is 0 Å². The van der Waals surface area contributed by atoms with Gasteiger partial charge in [0.05, 0.1) is 12.5 Å². The van der Waals surface area contributed by atoms with Crippen LogP contribution in [0.15, 0.2) is 0 Å². The predicted octanol–water partition coefficient (Wildman–Crippen LogP) is 10.4. The van der Waals surface area contributed by atoms with Crippen molar-refractivity contribution in [3.63, 3.8) is 0 Å². The van der Waals surface area contributed by atoms with Crippen molar-refractivity contribution in [2.45, 2.75) is 169 Å². The fourth-order valence-electron chi connectivity index (χ4n) is 3.86. The van der Waals surface area contributed by atoms with E-state index in [-0.39, 0.29) is 11.9 Å². The lowest BCUT2D eigenvalue weighted by atomic mass is 9.94. The quantitative estimate of drug-likeness (QED) is 0.124. The molecule has 0 aromatic carbocycles. The molecule has 0 spiro atoms. The standard InChI is InChI=1S/C23H46O2.C6H14/c1-4-7-10-13-14-17-20-22(19-16-12-9-6-3)23(24)25-21-18-15-11-8-5-2;1-3-5-6-4-2/h22H,4-21H2,1-3H3;3-6H2,1-2H3. The third kappa shape index (κ3) is 27.4. The first kappa shape index (κ1) is 32.6. The van der Waals surface area contributed by atoms with Crippen molar-refractivity contribution < 1.29 is 9.53 Å². The van der Waals surface area contributed by atoms with E-state index in [4.69, 9.17) is 4.74 Å². The molecule has 0 aliphatic heterocycles. The van der Waals surface area contributed by atoms with Crippen LogP contribution in [0.4, 0.5) is 0 Å². The normalized spacial score (nSPS) is 11.6. The summed E-state index contributed by atoms with van der Waals surface area (Å²) < 4.78 is 5.60. The summed E-state index contributed by atoms with van der Waals surface area (Å²) in [6.07, 6.45) is 26.4. The zero-order chi connectivity index (χ0) is 23.4. The second-order valence-electron chi connectivity index (χ2n) is 9.39. The number of hydrogen-bond acceptors (Lipinski definition) is 2. The summed E-state index contributed by atoms with van der Waals surface area (Å²) in [4.78, 5) is 12.4. The molecule has 0 heterocycles. The van der Waals surface area contributed by atoms with Crippen molar-refractivity contribution >= 4 is 5.97 Å². The van der Waals surface area contributed by atoms with Crippen molar-refractivity contribution in [2.75, 3.05) is 6.61 Å². The molecule has 1 unspecified atom stereocenters. The van der Waals surface area contributed by atoms with Crippen LogP contribution in [0.2, 0.25) is 0 Å². The summed E-state index contributed by atoms with van der Waals surface area (Å²) in [5, 5.41) is 0. The molecule has 0 bridgehead atoms. The van der Waals surface area contributed by atoms with Crippen LogP contribution in [0.5, 0.6) is 0 Å². The van der Waals surface area contributed by atoms with E-state index in [1.165, 1.54) is 116 Å². The van der Waals surface area contributed by atoms with E-state index in [1.54, 1.807) is 0 Å². The summed E-state index contributed by atoms with van der Waals surface area (Å²) in [6, 6.07) is 0. The Balaban J connectivity index is 0. The summed E-state index contributed by atoms with van der Waals surface area (Å²) in [7, 11) is 0. The molecule has 0 N–H and O–H groups in total. The van der Waals surface area contributed by atoms with Crippen LogP contribution in [-0.4, -0.2) is 12.6 Å². The smallest absolute Gasteiger partial charge is 0.308 e. The molecule has 0 aliphatic rings. The summed E-state index contributed by atoms with van der Waals surface area (Å²) in [6.45, 7) is 11.8. The molecule has 0 saturated heterocycles. The minimum absolute atomic E-state index is 0.0838. The van der Waals surface area contributed by atoms with E-state index >= 15 is 0 Å². The molecule has 1 atom stereocenters. The van der Waals surface area contributed by atoms with Crippen molar-refractivity contribution in [1.29, 1.82) is 0 Å².